The Bertz CT molecular complexity index is 508. The van der Waals surface area contributed by atoms with Crippen molar-refractivity contribution in [2.24, 2.45) is 0 Å². The lowest BCUT2D eigenvalue weighted by Crippen LogP contribution is -2.43. The molecule has 0 N–H and O–H groups in total. The molecule has 1 aromatic carbocycles. The van der Waals surface area contributed by atoms with Gasteiger partial charge in [-0.25, -0.2) is 0 Å². The van der Waals surface area contributed by atoms with Crippen LogP contribution in [0.5, 0.6) is 0 Å². The third-order valence-corrected chi connectivity index (χ3v) is 12.7. The van der Waals surface area contributed by atoms with Crippen molar-refractivity contribution < 1.29 is 0 Å². The first-order chi connectivity index (χ1) is 10.3. The van der Waals surface area contributed by atoms with Crippen LogP contribution in [0.3, 0.4) is 0 Å². The summed E-state index contributed by atoms with van der Waals surface area (Å²) < 4.78 is 0. The molecule has 120 valence electrons. The fourth-order valence-electron chi connectivity index (χ4n) is 3.54. The summed E-state index contributed by atoms with van der Waals surface area (Å²) in [6, 6.07) is 10.5. The molecule has 0 nitrogen and oxygen atoms in total. The van der Waals surface area contributed by atoms with Crippen molar-refractivity contribution in [3.63, 3.8) is 0 Å². The lowest BCUT2D eigenvalue weighted by Gasteiger charge is -2.38. The highest BCUT2D eigenvalue weighted by Crippen LogP contribution is 2.40. The lowest BCUT2D eigenvalue weighted by molar-refractivity contribution is 0.838. The quantitative estimate of drug-likeness (QED) is 0.469. The van der Waals surface area contributed by atoms with Crippen molar-refractivity contribution in [2.45, 2.75) is 64.7 Å². The third-order valence-electron chi connectivity index (χ3n) is 4.76. The van der Waals surface area contributed by atoms with E-state index in [4.69, 9.17) is 0 Å². The Morgan fingerprint density at radius 3 is 1.86 bits per heavy atom. The normalized spacial score (nSPS) is 13.7. The van der Waals surface area contributed by atoms with Gasteiger partial charge in [-0.3, -0.25) is 0 Å². The van der Waals surface area contributed by atoms with Gasteiger partial charge < -0.3 is 0 Å². The van der Waals surface area contributed by atoms with Gasteiger partial charge in [0, 0.05) is 0 Å². The second-order valence-electron chi connectivity index (χ2n) is 7.22. The SMILES string of the molecule is CC(C)[Si](C#C[SiH](C)C=Cc1ccccc1)(C(C)C)C(C)C. The van der Waals surface area contributed by atoms with Crippen LogP contribution in [0.2, 0.25) is 23.2 Å². The molecule has 0 saturated heterocycles. The summed E-state index contributed by atoms with van der Waals surface area (Å²) in [5.74, 6) is 0. The van der Waals surface area contributed by atoms with Gasteiger partial charge in [-0.1, -0.05) is 90.2 Å². The molecular formula is C20H32Si2. The summed E-state index contributed by atoms with van der Waals surface area (Å²) in [6.45, 7) is 16.6. The molecular weight excluding hydrogens is 296 g/mol. The highest BCUT2D eigenvalue weighted by atomic mass is 28.3. The zero-order valence-corrected chi connectivity index (χ0v) is 17.5. The predicted octanol–water partition coefficient (Wildman–Crippen LogP) is 5.86. The molecule has 0 spiro atoms. The van der Waals surface area contributed by atoms with E-state index in [2.05, 4.69) is 101 Å². The van der Waals surface area contributed by atoms with Crippen LogP contribution >= 0.6 is 0 Å². The summed E-state index contributed by atoms with van der Waals surface area (Å²) >= 11 is 0. The fourth-order valence-corrected chi connectivity index (χ4v) is 10.9. The molecule has 22 heavy (non-hydrogen) atoms. The van der Waals surface area contributed by atoms with Crippen molar-refractivity contribution in [1.82, 2.24) is 0 Å². The molecule has 0 bridgehead atoms. The molecule has 0 aliphatic heterocycles. The smallest absolute Gasteiger partial charge is 0.137 e. The van der Waals surface area contributed by atoms with Gasteiger partial charge in [0.05, 0.1) is 0 Å². The Morgan fingerprint density at radius 2 is 1.41 bits per heavy atom. The summed E-state index contributed by atoms with van der Waals surface area (Å²) in [5, 5.41) is 0. The maximum atomic E-state index is 3.87. The molecule has 0 fully saturated rings. The molecule has 0 radical (unpaired) electrons. The topological polar surface area (TPSA) is 0 Å². The first-order valence-electron chi connectivity index (χ1n) is 8.56. The Kier molecular flexibility index (Phi) is 7.39. The van der Waals surface area contributed by atoms with Crippen LogP contribution in [0.15, 0.2) is 36.0 Å². The molecule has 0 amide bonds. The molecule has 0 aliphatic rings. The summed E-state index contributed by atoms with van der Waals surface area (Å²) in [4.78, 5) is 0. The minimum absolute atomic E-state index is 0.722. The standard InChI is InChI=1S/C20H32Si2/c1-17(2)22(18(3)4,19(5)6)16-15-21(7)14-13-20-11-9-8-10-12-20/h8-14,17-19,21H,1-7H3. The van der Waals surface area contributed by atoms with Gasteiger partial charge in [0.25, 0.3) is 0 Å². The maximum Gasteiger partial charge on any atom is 0.145 e. The van der Waals surface area contributed by atoms with Gasteiger partial charge in [0.2, 0.25) is 0 Å². The first-order valence-corrected chi connectivity index (χ1v) is 13.2. The van der Waals surface area contributed by atoms with Crippen LogP contribution in [0.4, 0.5) is 0 Å². The van der Waals surface area contributed by atoms with Crippen LogP contribution in [0.25, 0.3) is 6.08 Å². The van der Waals surface area contributed by atoms with Gasteiger partial charge in [0.1, 0.15) is 16.9 Å². The fraction of sp³-hybridized carbons (Fsp3) is 0.500. The molecule has 0 heterocycles. The molecule has 1 atom stereocenters. The zero-order chi connectivity index (χ0) is 16.8. The minimum atomic E-state index is -1.56. The van der Waals surface area contributed by atoms with Gasteiger partial charge in [0.15, 0.2) is 0 Å². The minimum Gasteiger partial charge on any atom is -0.137 e. The highest BCUT2D eigenvalue weighted by molar-refractivity contribution is 6.91. The van der Waals surface area contributed by atoms with Crippen molar-refractivity contribution in [1.29, 1.82) is 0 Å². The van der Waals surface area contributed by atoms with Crippen molar-refractivity contribution in [2.75, 3.05) is 0 Å². The maximum absolute atomic E-state index is 3.87. The highest BCUT2D eigenvalue weighted by Gasteiger charge is 2.41. The van der Waals surface area contributed by atoms with Crippen LogP contribution in [0, 0.1) is 11.1 Å². The van der Waals surface area contributed by atoms with E-state index in [0.717, 1.165) is 16.6 Å². The molecule has 0 aromatic heterocycles. The van der Waals surface area contributed by atoms with E-state index in [-0.39, 0.29) is 0 Å². The average molecular weight is 329 g/mol. The van der Waals surface area contributed by atoms with Crippen molar-refractivity contribution >= 4 is 22.9 Å². The molecule has 0 aliphatic carbocycles. The molecule has 1 unspecified atom stereocenters. The number of benzene rings is 1. The summed E-state index contributed by atoms with van der Waals surface area (Å²) in [5.41, 5.74) is 13.4. The van der Waals surface area contributed by atoms with Crippen LogP contribution in [0.1, 0.15) is 47.1 Å². The van der Waals surface area contributed by atoms with E-state index >= 15 is 0 Å². The van der Waals surface area contributed by atoms with Gasteiger partial charge in [-0.2, -0.15) is 0 Å². The Labute approximate surface area is 140 Å². The lowest BCUT2D eigenvalue weighted by atomic mass is 10.2. The van der Waals surface area contributed by atoms with Gasteiger partial charge in [-0.15, -0.1) is 11.1 Å². The van der Waals surface area contributed by atoms with Crippen LogP contribution in [-0.2, 0) is 0 Å². The second kappa shape index (κ2) is 8.55. The average Bonchev–Trinajstić information content (AvgIpc) is 2.45. The van der Waals surface area contributed by atoms with Gasteiger partial charge in [-0.05, 0) is 22.2 Å². The molecule has 1 aromatic rings. The van der Waals surface area contributed by atoms with E-state index < -0.39 is 16.9 Å². The first kappa shape index (κ1) is 19.0. The molecule has 2 heteroatoms. The predicted molar refractivity (Wildman–Crippen MR) is 107 cm³/mol. The Morgan fingerprint density at radius 1 is 0.909 bits per heavy atom. The van der Waals surface area contributed by atoms with Crippen LogP contribution in [-0.4, -0.2) is 16.9 Å². The second-order valence-corrected chi connectivity index (χ2v) is 15.1. The number of hydrogen-bond donors (Lipinski definition) is 0. The Balaban J connectivity index is 2.95. The summed E-state index contributed by atoms with van der Waals surface area (Å²) in [6.07, 6.45) is 2.24. The Hall–Kier alpha value is -1.05. The monoisotopic (exact) mass is 328 g/mol. The van der Waals surface area contributed by atoms with Crippen molar-refractivity contribution in [3.8, 4) is 11.1 Å². The number of hydrogen-bond acceptors (Lipinski definition) is 0. The largest absolute Gasteiger partial charge is 0.145 e. The van der Waals surface area contributed by atoms with Crippen LogP contribution < -0.4 is 0 Å². The summed E-state index contributed by atoms with van der Waals surface area (Å²) in [7, 11) is -2.66. The van der Waals surface area contributed by atoms with E-state index in [1.807, 2.05) is 0 Å². The molecule has 1 rings (SSSR count). The van der Waals surface area contributed by atoms with Crippen molar-refractivity contribution in [3.05, 3.63) is 41.6 Å². The number of rotatable bonds is 5. The van der Waals surface area contributed by atoms with E-state index in [9.17, 15) is 0 Å². The molecule has 0 saturated carbocycles. The van der Waals surface area contributed by atoms with E-state index in [0.29, 0.717) is 0 Å². The van der Waals surface area contributed by atoms with E-state index in [1.165, 1.54) is 5.56 Å². The van der Waals surface area contributed by atoms with Gasteiger partial charge >= 0.3 is 0 Å². The van der Waals surface area contributed by atoms with E-state index in [1.54, 1.807) is 0 Å². The zero-order valence-electron chi connectivity index (χ0n) is 15.4. The third kappa shape index (κ3) is 4.73.